The van der Waals surface area contributed by atoms with Gasteiger partial charge in [0.1, 0.15) is 60.6 Å². The van der Waals surface area contributed by atoms with Gasteiger partial charge in [-0.1, -0.05) is 148 Å². The van der Waals surface area contributed by atoms with Gasteiger partial charge in [0.25, 0.3) is 5.56 Å². The normalized spacial score (nSPS) is 14.4. The number of fused-ring (bicyclic) bond motifs is 2. The van der Waals surface area contributed by atoms with Gasteiger partial charge in [0.2, 0.25) is 70.9 Å². The van der Waals surface area contributed by atoms with Crippen LogP contribution in [0.2, 0.25) is 0 Å². The van der Waals surface area contributed by atoms with Gasteiger partial charge in [-0.05, 0) is 111 Å². The second-order valence-electron chi connectivity index (χ2n) is 33.5. The summed E-state index contributed by atoms with van der Waals surface area (Å²) in [5.41, 5.74) is 20.1. The van der Waals surface area contributed by atoms with E-state index in [0.29, 0.717) is 66.8 Å². The number of aliphatic carboxylic acids is 1. The summed E-state index contributed by atoms with van der Waals surface area (Å²) in [6.45, 7) is 10.1. The van der Waals surface area contributed by atoms with Gasteiger partial charge in [0, 0.05) is 113 Å². The van der Waals surface area contributed by atoms with E-state index in [9.17, 15) is 77.3 Å². The molecule has 1 fully saturated rings. The number of imidazole rings is 1. The van der Waals surface area contributed by atoms with Crippen LogP contribution in [-0.4, -0.2) is 223 Å². The van der Waals surface area contributed by atoms with Crippen LogP contribution in [0.15, 0.2) is 96.6 Å². The van der Waals surface area contributed by atoms with E-state index in [1.807, 2.05) is 43.0 Å². The van der Waals surface area contributed by atoms with Crippen LogP contribution >= 0.6 is 0 Å². The summed E-state index contributed by atoms with van der Waals surface area (Å²) in [5.74, 6) is -10.8. The number of hydrogen-bond acceptors (Lipinski definition) is 20. The van der Waals surface area contributed by atoms with E-state index in [4.69, 9.17) is 22.6 Å². The number of nitrogens with one attached hydrogen (secondary N) is 14. The number of phenols is 1. The Morgan fingerprint density at radius 1 is 0.555 bits per heavy atom. The number of para-hydroxylation sites is 1. The summed E-state index contributed by atoms with van der Waals surface area (Å²) in [6, 6.07) is 6.14. The molecule has 3 aromatic heterocycles. The van der Waals surface area contributed by atoms with Gasteiger partial charge in [0.05, 0.1) is 36.0 Å². The number of carbonyl (C=O) groups is 13. The summed E-state index contributed by atoms with van der Waals surface area (Å²) in [4.78, 5) is 212. The highest BCUT2D eigenvalue weighted by Crippen LogP contribution is 2.24. The first-order chi connectivity index (χ1) is 61.3. The Morgan fingerprint density at radius 3 is 1.75 bits per heavy atom. The molecule has 38 nitrogen and oxygen atoms in total. The third kappa shape index (κ3) is 34.7. The number of nitrogens with two attached hydrogens (primary N) is 3. The summed E-state index contributed by atoms with van der Waals surface area (Å²) in [5, 5.41) is 58.3. The SMILES string of the molecule is CCCCCCCCCCCCCCCC(=O)N[C@@H](CCC(=O)NCCCC[C@H](NC(=O)[C@@H](N)[C@@H](C)CC)C(=O)N1CCN(c2ccc3ncn(CC(=O)N[C@@H](CCCNC(=N)N)C(=O)N[C@@H](Cc4cnc[nH]4)C(=O)N[C@@H](Cc4ccc(O)cc4)C(=O)N[C@@H](CC(C)C)C(=O)N[C@@H](CC(N)=O)C(=O)N[C@@H](Cc4c[nH]c5ccccc45)C(=O)NC)c(=O)c3c2)CC1)C(=O)O. The Morgan fingerprint density at radius 2 is 1.13 bits per heavy atom. The Hall–Kier alpha value is -12.5. The lowest BCUT2D eigenvalue weighted by Gasteiger charge is -2.38. The summed E-state index contributed by atoms with van der Waals surface area (Å²) < 4.78 is 1.05. The van der Waals surface area contributed by atoms with Crippen LogP contribution in [0, 0.1) is 17.2 Å². The highest BCUT2D eigenvalue weighted by molar-refractivity contribution is 5.99. The number of H-pyrrole nitrogens is 2. The number of likely N-dealkylation sites (N-methyl/N-ethyl adjacent to an activating group) is 1. The first-order valence-corrected chi connectivity index (χ1v) is 44.9. The topological polar surface area (TPSA) is 582 Å². The van der Waals surface area contributed by atoms with Crippen molar-refractivity contribution in [1.82, 2.24) is 87.9 Å². The number of unbranched alkanes of at least 4 members (excludes halogenated alkanes) is 13. The quantitative estimate of drug-likeness (QED) is 0.0148. The fourth-order valence-corrected chi connectivity index (χ4v) is 15.3. The lowest BCUT2D eigenvalue weighted by Crippen LogP contribution is -2.60. The van der Waals surface area contributed by atoms with Gasteiger partial charge in [-0.15, -0.1) is 0 Å². The molecule has 128 heavy (non-hydrogen) atoms. The highest BCUT2D eigenvalue weighted by Gasteiger charge is 2.37. The van der Waals surface area contributed by atoms with Gasteiger partial charge in [-0.25, -0.2) is 14.8 Å². The smallest absolute Gasteiger partial charge is 0.326 e. The van der Waals surface area contributed by atoms with Gasteiger partial charge in [-0.2, -0.15) is 0 Å². The Labute approximate surface area is 746 Å². The zero-order chi connectivity index (χ0) is 93.2. The number of primary amides is 1. The molecule has 4 heterocycles. The largest absolute Gasteiger partial charge is 0.508 e. The van der Waals surface area contributed by atoms with Crippen molar-refractivity contribution in [3.63, 3.8) is 0 Å². The minimum atomic E-state index is -1.65. The third-order valence-corrected chi connectivity index (χ3v) is 22.9. The number of aromatic nitrogens is 5. The summed E-state index contributed by atoms with van der Waals surface area (Å²) in [7, 11) is 1.38. The molecule has 3 aromatic carbocycles. The maximum atomic E-state index is 15.0. The molecule has 700 valence electrons. The molecule has 1 saturated heterocycles. The molecule has 0 saturated carbocycles. The van der Waals surface area contributed by atoms with Gasteiger partial charge in [0.15, 0.2) is 5.96 Å². The van der Waals surface area contributed by atoms with Crippen molar-refractivity contribution >= 4 is 110 Å². The number of aromatic hydroxyl groups is 1. The summed E-state index contributed by atoms with van der Waals surface area (Å²) in [6.07, 6.45) is 20.9. The third-order valence-electron chi connectivity index (χ3n) is 22.9. The number of hydrogen-bond donors (Lipinski definition) is 19. The van der Waals surface area contributed by atoms with E-state index in [1.54, 1.807) is 43.1 Å². The monoisotopic (exact) mass is 1780 g/mol. The van der Waals surface area contributed by atoms with Crippen LogP contribution in [0.4, 0.5) is 5.69 Å². The number of anilines is 1. The fourth-order valence-electron chi connectivity index (χ4n) is 15.3. The van der Waals surface area contributed by atoms with E-state index in [1.165, 1.54) is 108 Å². The number of benzene rings is 3. The van der Waals surface area contributed by atoms with Crippen molar-refractivity contribution in [3.8, 4) is 5.75 Å². The number of carboxylic acids is 1. The van der Waals surface area contributed by atoms with Crippen molar-refractivity contribution < 1.29 is 72.5 Å². The number of carbonyl (C=O) groups excluding carboxylic acids is 12. The Balaban J connectivity index is 0.977. The standard InChI is InChI=1S/C90H134N22O16/c1-7-9-10-11-12-13-14-15-16-17-18-19-20-30-77(116)103-69(89(127)128)37-38-76(115)97-39-24-23-28-68(104-86(124)79(92)57(5)8-2)88(126)111-43-41-110(42-44-111)61-33-36-66-64(49-61)87(125)112(55-101-66)53-78(117)102-67(29-25-40-98-90(93)94)81(119)108-73(48-60-52-96-54-100-60)84(122)106-71(46-58-31-34-62(113)35-32-58)83(121)105-70(45-56(3)4)82(120)109-74(50-75(91)114)85(123)107-72(80(118)95-6)47-59-51-99-65-27-22-21-26-63(59)65/h21-22,26-27,31-36,49,51-52,54-57,67-74,79,99,113H,7-20,23-25,28-30,37-48,50,53,92H2,1-6H3,(H2,91,114)(H,95,118)(H,96,100)(H,97,115)(H,102,117)(H,103,116)(H,104,124)(H,105,121)(H,106,122)(H,107,123)(H,108,119)(H,109,120)(H,127,128)(H4,93,94,98)/t57-,67-,68-,69-,70-,71-,72-,73-,74-,79-/m0/s1. The Kier molecular flexibility index (Phi) is 43.1. The van der Waals surface area contributed by atoms with Gasteiger partial charge in [-0.3, -0.25) is 72.3 Å². The number of guanidine groups is 1. The number of carboxylic acid groups (broad SMARTS) is 1. The van der Waals surface area contributed by atoms with Crippen molar-refractivity contribution in [1.29, 1.82) is 5.41 Å². The van der Waals surface area contributed by atoms with Crippen LogP contribution in [0.5, 0.6) is 5.75 Å². The van der Waals surface area contributed by atoms with E-state index in [0.717, 1.165) is 34.7 Å². The van der Waals surface area contributed by atoms with Crippen LogP contribution in [0.3, 0.4) is 0 Å². The van der Waals surface area contributed by atoms with Crippen LogP contribution in [0.25, 0.3) is 21.8 Å². The molecule has 12 amide bonds. The minimum Gasteiger partial charge on any atom is -0.508 e. The number of rotatable bonds is 58. The van der Waals surface area contributed by atoms with Crippen molar-refractivity contribution in [3.05, 3.63) is 119 Å². The van der Waals surface area contributed by atoms with Crippen LogP contribution in [-0.2, 0) is 88.1 Å². The molecule has 1 aliphatic heterocycles. The maximum Gasteiger partial charge on any atom is 0.326 e. The fraction of sp³-hybridized carbons (Fsp3) is 0.567. The average Bonchev–Trinajstić information content (AvgIpc) is 0.845. The highest BCUT2D eigenvalue weighted by atomic mass is 16.4. The molecular formula is C90H134N22O16. The van der Waals surface area contributed by atoms with Crippen LogP contribution in [0.1, 0.15) is 206 Å². The first-order valence-electron chi connectivity index (χ1n) is 44.9. The average molecular weight is 1780 g/mol. The molecule has 1 aliphatic rings. The summed E-state index contributed by atoms with van der Waals surface area (Å²) >= 11 is 0. The molecule has 22 N–H and O–H groups in total. The number of piperazine rings is 1. The molecule has 7 rings (SSSR count). The minimum absolute atomic E-state index is 0.00325. The van der Waals surface area contributed by atoms with E-state index < -0.39 is 138 Å². The molecule has 0 bridgehead atoms. The molecule has 0 radical (unpaired) electrons. The Bertz CT molecular complexity index is 4700. The molecule has 38 heteroatoms. The second kappa shape index (κ2) is 53.8. The number of phenolic OH excluding ortho intramolecular Hbond substituents is 1. The van der Waals surface area contributed by atoms with Crippen molar-refractivity contribution in [2.75, 3.05) is 51.2 Å². The molecule has 0 aliphatic carbocycles. The molecular weight excluding hydrogens is 1650 g/mol. The predicted octanol–water partition coefficient (Wildman–Crippen LogP) is 3.50. The molecule has 0 unspecified atom stereocenters. The lowest BCUT2D eigenvalue weighted by molar-refractivity contribution is -0.142. The number of amides is 12. The maximum absolute atomic E-state index is 15.0. The number of aromatic amines is 2. The van der Waals surface area contributed by atoms with Crippen molar-refractivity contribution in [2.24, 2.45) is 29.0 Å². The van der Waals surface area contributed by atoms with E-state index in [-0.39, 0.29) is 131 Å². The predicted molar refractivity (Wildman–Crippen MR) is 484 cm³/mol. The number of nitrogens with zero attached hydrogens (tertiary/aromatic N) is 5. The lowest BCUT2D eigenvalue weighted by atomic mass is 9.98. The second-order valence-corrected chi connectivity index (χ2v) is 33.5. The molecule has 6 aromatic rings. The zero-order valence-electron chi connectivity index (χ0n) is 74.6. The molecule has 0 spiro atoms. The van der Waals surface area contributed by atoms with E-state index in [2.05, 4.69) is 85.3 Å². The first kappa shape index (κ1) is 103. The molecule has 10 atom stereocenters. The van der Waals surface area contributed by atoms with Gasteiger partial charge < -0.3 is 106 Å². The zero-order valence-corrected chi connectivity index (χ0v) is 74.6. The van der Waals surface area contributed by atoms with Crippen molar-refractivity contribution in [2.45, 2.75) is 269 Å². The van der Waals surface area contributed by atoms with Gasteiger partial charge >= 0.3 is 5.97 Å². The van der Waals surface area contributed by atoms with E-state index >= 15 is 0 Å². The van der Waals surface area contributed by atoms with Crippen LogP contribution < -0.4 is 86.1 Å².